The Morgan fingerprint density at radius 2 is 1.80 bits per heavy atom. The van der Waals surface area contributed by atoms with Gasteiger partial charge in [0.1, 0.15) is 54.6 Å². The van der Waals surface area contributed by atoms with Crippen LogP contribution in [0, 0.1) is 0 Å². The Hall–Kier alpha value is -2.85. The zero-order valence-electron chi connectivity index (χ0n) is 25.7. The highest BCUT2D eigenvalue weighted by atomic mass is 32.7. The van der Waals surface area contributed by atoms with E-state index in [1.165, 1.54) is 21.8 Å². The van der Waals surface area contributed by atoms with E-state index in [4.69, 9.17) is 27.6 Å². The highest BCUT2D eigenvalue weighted by Gasteiger charge is 2.54. The second kappa shape index (κ2) is 13.0. The molecule has 8 heterocycles. The summed E-state index contributed by atoms with van der Waals surface area (Å²) in [6.45, 7) is -5.58. The van der Waals surface area contributed by atoms with Crippen molar-refractivity contribution in [2.24, 2.45) is 0 Å². The number of nitrogens with one attached hydrogen (secondary N) is 1. The van der Waals surface area contributed by atoms with E-state index in [1.54, 1.807) is 6.20 Å². The first-order chi connectivity index (χ1) is 23.9. The van der Waals surface area contributed by atoms with E-state index in [9.17, 15) is 29.0 Å². The number of fused-ring (bicyclic) bond motifs is 4. The van der Waals surface area contributed by atoms with Gasteiger partial charge in [-0.2, -0.15) is 0 Å². The average molecular weight is 761 g/mol. The number of aliphatic hydroxyl groups is 2. The Balaban J connectivity index is 1.10. The fraction of sp³-hybridized carbons (Fsp3) is 0.577. The first-order valence-electron chi connectivity index (χ1n) is 15.5. The van der Waals surface area contributed by atoms with Gasteiger partial charge in [-0.15, -0.1) is 0 Å². The molecule has 4 aromatic heterocycles. The summed E-state index contributed by atoms with van der Waals surface area (Å²) in [5.74, 6) is 0.582. The van der Waals surface area contributed by atoms with Crippen LogP contribution >= 0.6 is 26.9 Å². The molecule has 0 amide bonds. The number of phosphoric acid groups is 1. The largest absolute Gasteiger partial charge is 0.472 e. The SMILES string of the molecule is O=c1c2ncn([C@@H]3O[C@@H]4COP(=O)(S)O[C@H]5[C@@H](F)[C@H](n6cc7c8c(ncnc86)NCCC7)O[C@@H]5COP(=O)(O)O[C@@H]3[C@@H]4O)c2ncn1CCO. The summed E-state index contributed by atoms with van der Waals surface area (Å²) in [7, 11) is -5.11. The Bertz CT molecular complexity index is 2100. The van der Waals surface area contributed by atoms with Crippen LogP contribution in [0.1, 0.15) is 24.4 Å². The van der Waals surface area contributed by atoms with Gasteiger partial charge in [0.15, 0.2) is 29.8 Å². The van der Waals surface area contributed by atoms with Crippen LogP contribution in [0.4, 0.5) is 10.2 Å². The molecule has 0 saturated carbocycles. The highest BCUT2D eigenvalue weighted by molar-refractivity contribution is 8.44. The lowest BCUT2D eigenvalue weighted by molar-refractivity contribution is -0.0628. The molecule has 0 aliphatic carbocycles. The monoisotopic (exact) mass is 760 g/mol. The van der Waals surface area contributed by atoms with Gasteiger partial charge in [-0.3, -0.25) is 32.0 Å². The summed E-state index contributed by atoms with van der Waals surface area (Å²) in [4.78, 5) is 40.6. The Morgan fingerprint density at radius 1 is 1.00 bits per heavy atom. The van der Waals surface area contributed by atoms with Crippen molar-refractivity contribution in [3.8, 4) is 0 Å². The summed E-state index contributed by atoms with van der Waals surface area (Å²) < 4.78 is 80.7. The van der Waals surface area contributed by atoms with Crippen molar-refractivity contribution in [2.75, 3.05) is 31.7 Å². The maximum absolute atomic E-state index is 16.4. The van der Waals surface area contributed by atoms with E-state index in [2.05, 4.69) is 37.5 Å². The molecule has 4 N–H and O–H groups in total. The van der Waals surface area contributed by atoms with Crippen LogP contribution < -0.4 is 10.9 Å². The minimum atomic E-state index is -5.11. The van der Waals surface area contributed by atoms with E-state index in [0.29, 0.717) is 29.8 Å². The molecular weight excluding hydrogens is 729 g/mol. The van der Waals surface area contributed by atoms with Gasteiger partial charge in [-0.1, -0.05) is 12.2 Å². The maximum Gasteiger partial charge on any atom is 0.472 e. The van der Waals surface area contributed by atoms with Gasteiger partial charge in [0.25, 0.3) is 5.56 Å². The third-order valence-electron chi connectivity index (χ3n) is 8.94. The number of ether oxygens (including phenoxy) is 2. The van der Waals surface area contributed by atoms with Crippen LogP contribution in [-0.4, -0.2) is 112 Å². The number of aryl methyl sites for hydroxylation is 1. The number of aromatic nitrogens is 7. The summed E-state index contributed by atoms with van der Waals surface area (Å²) >= 11 is 4.04. The van der Waals surface area contributed by atoms with Crippen molar-refractivity contribution < 1.29 is 56.2 Å². The molecule has 4 aliphatic rings. The number of anilines is 1. The lowest BCUT2D eigenvalue weighted by Crippen LogP contribution is -2.35. The van der Waals surface area contributed by atoms with Crippen molar-refractivity contribution in [3.63, 3.8) is 0 Å². The predicted molar refractivity (Wildman–Crippen MR) is 170 cm³/mol. The molecule has 24 heteroatoms. The second-order valence-electron chi connectivity index (χ2n) is 12.0. The van der Waals surface area contributed by atoms with Crippen LogP contribution in [0.25, 0.3) is 22.2 Å². The van der Waals surface area contributed by atoms with Crippen LogP contribution in [0.15, 0.2) is 30.0 Å². The number of halogens is 1. The first kappa shape index (κ1) is 34.2. The Morgan fingerprint density at radius 3 is 2.62 bits per heavy atom. The number of thiol groups is 1. The number of rotatable bonds is 4. The number of imidazole rings is 1. The molecular formula is C26H31FN8O12P2S. The smallest absolute Gasteiger partial charge is 0.395 e. The standard InChI is InChI=1S/C26H31FN8O12P2S/c27-16-19-14(45-25(16)34-6-12-2-1-3-28-21-15(12)22(34)30-9-29-21)8-42-48(39,40)46-20-18(37)13(7-43-49(41,50)47-19)44-26(20)35-11-31-17-23(35)32-10-33(4-5-36)24(17)38/h6,9-11,13-14,16,18-20,25-26,36-37H,1-5,7-8H2,(H,39,40)(H,41,50)(H,28,29,30)/t13-,14-,16-,18-,19-,20-,25-,26-,49?/m1/s1. The summed E-state index contributed by atoms with van der Waals surface area (Å²) in [6.07, 6.45) is -5.94. The van der Waals surface area contributed by atoms with Crippen molar-refractivity contribution in [1.29, 1.82) is 0 Å². The third kappa shape index (κ3) is 6.00. The summed E-state index contributed by atoms with van der Waals surface area (Å²) in [6, 6.07) is 0. The topological polar surface area (TPSA) is 246 Å². The number of alkyl halides is 1. The lowest BCUT2D eigenvalue weighted by atomic mass is 10.1. The molecule has 4 aromatic rings. The summed E-state index contributed by atoms with van der Waals surface area (Å²) in [5.41, 5.74) is 0.481. The van der Waals surface area contributed by atoms with Crippen molar-refractivity contribution in [2.45, 2.75) is 68.5 Å². The molecule has 0 radical (unpaired) electrons. The number of hydrogen-bond acceptors (Lipinski definition) is 16. The number of phosphoric ester groups is 1. The number of aliphatic hydroxyl groups excluding tert-OH is 2. The number of nitrogens with zero attached hydrogens (tertiary/aromatic N) is 7. The molecule has 3 saturated heterocycles. The van der Waals surface area contributed by atoms with Crippen molar-refractivity contribution in [3.05, 3.63) is 41.1 Å². The molecule has 20 nitrogen and oxygen atoms in total. The van der Waals surface area contributed by atoms with E-state index in [1.807, 2.05) is 0 Å². The quantitative estimate of drug-likeness (QED) is 0.143. The lowest BCUT2D eigenvalue weighted by Gasteiger charge is -2.25. The Kier molecular flexibility index (Phi) is 8.89. The fourth-order valence-corrected chi connectivity index (χ4v) is 9.05. The van der Waals surface area contributed by atoms with Crippen LogP contribution in [0.2, 0.25) is 0 Å². The van der Waals surface area contributed by atoms with Gasteiger partial charge < -0.3 is 34.5 Å². The molecule has 4 aliphatic heterocycles. The highest BCUT2D eigenvalue weighted by Crippen LogP contribution is 2.58. The first-order valence-corrected chi connectivity index (χ1v) is 19.7. The van der Waals surface area contributed by atoms with Crippen LogP contribution in [0.3, 0.4) is 0 Å². The molecule has 2 unspecified atom stereocenters. The van der Waals surface area contributed by atoms with E-state index in [-0.39, 0.29) is 24.3 Å². The van der Waals surface area contributed by atoms with Gasteiger partial charge in [-0.05, 0) is 18.4 Å². The summed E-state index contributed by atoms with van der Waals surface area (Å²) in [5, 5.41) is 24.3. The number of hydrogen-bond donors (Lipinski definition) is 5. The van der Waals surface area contributed by atoms with Gasteiger partial charge in [0.2, 0.25) is 0 Å². The predicted octanol–water partition coefficient (Wildman–Crippen LogP) is 0.838. The fourth-order valence-electron chi connectivity index (χ4n) is 6.64. The van der Waals surface area contributed by atoms with Gasteiger partial charge in [0.05, 0.1) is 38.1 Å². The Labute approximate surface area is 285 Å². The molecule has 0 spiro atoms. The molecule has 10 atom stereocenters. The molecule has 270 valence electrons. The van der Waals surface area contributed by atoms with E-state index >= 15 is 4.39 Å². The zero-order chi connectivity index (χ0) is 34.9. The van der Waals surface area contributed by atoms with Crippen molar-refractivity contribution in [1.82, 2.24) is 33.6 Å². The molecule has 8 rings (SSSR count). The van der Waals surface area contributed by atoms with Gasteiger partial charge in [-0.25, -0.2) is 33.5 Å². The van der Waals surface area contributed by atoms with Crippen molar-refractivity contribution >= 4 is 54.9 Å². The maximum atomic E-state index is 16.4. The van der Waals surface area contributed by atoms with Gasteiger partial charge in [0, 0.05) is 12.7 Å². The minimum absolute atomic E-state index is 0.0309. The minimum Gasteiger partial charge on any atom is -0.395 e. The molecule has 3 fully saturated rings. The molecule has 0 aromatic carbocycles. The molecule has 50 heavy (non-hydrogen) atoms. The zero-order valence-corrected chi connectivity index (χ0v) is 28.4. The van der Waals surface area contributed by atoms with Crippen LogP contribution in [0.5, 0.6) is 0 Å². The third-order valence-corrected chi connectivity index (χ3v) is 11.5. The normalized spacial score (nSPS) is 36.3. The molecule has 2 bridgehead atoms. The van der Waals surface area contributed by atoms with Gasteiger partial charge >= 0.3 is 14.6 Å². The van der Waals surface area contributed by atoms with E-state index in [0.717, 1.165) is 22.9 Å². The average Bonchev–Trinajstić information content (AvgIpc) is 3.78. The van der Waals surface area contributed by atoms with E-state index < -0.39 is 82.5 Å². The van der Waals surface area contributed by atoms with Crippen LogP contribution in [-0.2, 0) is 49.7 Å². The second-order valence-corrected chi connectivity index (χ2v) is 16.3.